The average molecular weight is 257 g/mol. The first-order valence-electron chi connectivity index (χ1n) is 7.13. The molecule has 2 heterocycles. The number of benzene rings is 1. The molecule has 3 heteroatoms. The highest BCUT2D eigenvalue weighted by molar-refractivity contribution is 5.87. The van der Waals surface area contributed by atoms with E-state index in [1.54, 1.807) is 0 Å². The van der Waals surface area contributed by atoms with Crippen LogP contribution in [0.1, 0.15) is 16.7 Å². The first-order valence-corrected chi connectivity index (χ1v) is 7.13. The monoisotopic (exact) mass is 257 g/mol. The second-order valence-electron chi connectivity index (χ2n) is 5.86. The highest BCUT2D eigenvalue weighted by Gasteiger charge is 2.20. The lowest BCUT2D eigenvalue weighted by atomic mass is 9.99. The van der Waals surface area contributed by atoms with Crippen LogP contribution in [0.3, 0.4) is 0 Å². The molecule has 3 nitrogen and oxygen atoms in total. The molecule has 0 bridgehead atoms. The number of aromatic nitrogens is 1. The van der Waals surface area contributed by atoms with Gasteiger partial charge in [0.05, 0.1) is 0 Å². The molecule has 1 aromatic heterocycles. The third-order valence-corrected chi connectivity index (χ3v) is 4.30. The summed E-state index contributed by atoms with van der Waals surface area (Å²) in [4.78, 5) is 5.91. The normalized spacial score (nSPS) is 21.1. The van der Waals surface area contributed by atoms with Gasteiger partial charge in [0.15, 0.2) is 0 Å². The molecule has 19 heavy (non-hydrogen) atoms. The fourth-order valence-electron chi connectivity index (χ4n) is 3.25. The topological polar surface area (TPSA) is 31.1 Å². The minimum absolute atomic E-state index is 0.605. The molecule has 1 aliphatic rings. The largest absolute Gasteiger partial charge is 0.361 e. The van der Waals surface area contributed by atoms with Crippen LogP contribution < -0.4 is 5.32 Å². The summed E-state index contributed by atoms with van der Waals surface area (Å²) in [5.41, 5.74) is 5.44. The minimum atomic E-state index is 0.605. The fourth-order valence-corrected chi connectivity index (χ4v) is 3.25. The van der Waals surface area contributed by atoms with Crippen molar-refractivity contribution in [2.24, 2.45) is 0 Å². The third-order valence-electron chi connectivity index (χ3n) is 4.30. The van der Waals surface area contributed by atoms with Crippen LogP contribution in [0.25, 0.3) is 10.9 Å². The van der Waals surface area contributed by atoms with Crippen LogP contribution in [0.4, 0.5) is 0 Å². The number of rotatable bonds is 2. The van der Waals surface area contributed by atoms with Gasteiger partial charge in [-0.15, -0.1) is 0 Å². The zero-order valence-corrected chi connectivity index (χ0v) is 12.1. The van der Waals surface area contributed by atoms with Crippen molar-refractivity contribution in [3.05, 3.63) is 35.0 Å². The quantitative estimate of drug-likeness (QED) is 0.864. The number of aryl methyl sites for hydroxylation is 2. The summed E-state index contributed by atoms with van der Waals surface area (Å²) in [6.07, 6.45) is 3.31. The Hall–Kier alpha value is -1.32. The van der Waals surface area contributed by atoms with Crippen LogP contribution in [0, 0.1) is 13.8 Å². The molecule has 0 radical (unpaired) electrons. The van der Waals surface area contributed by atoms with Crippen molar-refractivity contribution in [3.63, 3.8) is 0 Å². The number of hydrogen-bond donors (Lipinski definition) is 2. The van der Waals surface area contributed by atoms with Gasteiger partial charge in [-0.25, -0.2) is 0 Å². The summed E-state index contributed by atoms with van der Waals surface area (Å²) in [6.45, 7) is 7.72. The minimum Gasteiger partial charge on any atom is -0.361 e. The van der Waals surface area contributed by atoms with Crippen molar-refractivity contribution >= 4 is 10.9 Å². The molecule has 0 saturated carbocycles. The van der Waals surface area contributed by atoms with Crippen LogP contribution in [-0.2, 0) is 6.42 Å². The van der Waals surface area contributed by atoms with Crippen molar-refractivity contribution in [2.75, 3.05) is 26.7 Å². The summed E-state index contributed by atoms with van der Waals surface area (Å²) in [7, 11) is 2.23. The molecular formula is C16H23N3. The van der Waals surface area contributed by atoms with Crippen LogP contribution >= 0.6 is 0 Å². The van der Waals surface area contributed by atoms with E-state index in [-0.39, 0.29) is 0 Å². The molecule has 2 aromatic rings. The predicted octanol–water partition coefficient (Wildman–Crippen LogP) is 2.23. The molecule has 2 N–H and O–H groups in total. The van der Waals surface area contributed by atoms with Crippen molar-refractivity contribution in [2.45, 2.75) is 26.3 Å². The molecule has 1 fully saturated rings. The summed E-state index contributed by atoms with van der Waals surface area (Å²) < 4.78 is 0. The Kier molecular flexibility index (Phi) is 3.33. The standard InChI is InChI=1S/C16H23N3/c1-11-6-12(2)16-13(9-18-15(16)7-11)8-14-10-17-4-5-19(14)3/h6-7,9,14,17-18H,4-5,8,10H2,1-3H3. The van der Waals surface area contributed by atoms with Gasteiger partial charge in [-0.1, -0.05) is 6.07 Å². The second kappa shape index (κ2) is 4.99. The summed E-state index contributed by atoms with van der Waals surface area (Å²) in [5, 5.41) is 4.92. The number of nitrogens with one attached hydrogen (secondary N) is 2. The van der Waals surface area contributed by atoms with Crippen LogP contribution in [0.2, 0.25) is 0 Å². The Labute approximate surface area is 115 Å². The van der Waals surface area contributed by atoms with Gasteiger partial charge >= 0.3 is 0 Å². The van der Waals surface area contributed by atoms with Crippen LogP contribution in [0.15, 0.2) is 18.3 Å². The summed E-state index contributed by atoms with van der Waals surface area (Å²) >= 11 is 0. The predicted molar refractivity (Wildman–Crippen MR) is 80.8 cm³/mol. The van der Waals surface area contributed by atoms with E-state index in [9.17, 15) is 0 Å². The Morgan fingerprint density at radius 1 is 1.32 bits per heavy atom. The zero-order chi connectivity index (χ0) is 13.4. The van der Waals surface area contributed by atoms with Gasteiger partial charge in [0.2, 0.25) is 0 Å². The molecule has 1 unspecified atom stereocenters. The lowest BCUT2D eigenvalue weighted by Gasteiger charge is -2.33. The molecule has 102 valence electrons. The summed E-state index contributed by atoms with van der Waals surface area (Å²) in [6, 6.07) is 5.13. The first kappa shape index (κ1) is 12.7. The molecule has 0 spiro atoms. The zero-order valence-electron chi connectivity index (χ0n) is 12.1. The van der Waals surface area contributed by atoms with Crippen LogP contribution in [0.5, 0.6) is 0 Å². The second-order valence-corrected chi connectivity index (χ2v) is 5.86. The number of nitrogens with zero attached hydrogens (tertiary/aromatic N) is 1. The molecule has 1 saturated heterocycles. The maximum absolute atomic E-state index is 3.50. The average Bonchev–Trinajstić information content (AvgIpc) is 2.75. The van der Waals surface area contributed by atoms with Crippen molar-refractivity contribution in [1.82, 2.24) is 15.2 Å². The maximum atomic E-state index is 3.50. The SMILES string of the molecule is Cc1cc(C)c2c(CC3CNCCN3C)c[nH]c2c1. The highest BCUT2D eigenvalue weighted by Crippen LogP contribution is 2.25. The molecule has 1 aliphatic heterocycles. The van der Waals surface area contributed by atoms with E-state index in [1.807, 2.05) is 0 Å². The molecular weight excluding hydrogens is 234 g/mol. The van der Waals surface area contributed by atoms with Gasteiger partial charge < -0.3 is 15.2 Å². The van der Waals surface area contributed by atoms with E-state index in [0.29, 0.717) is 6.04 Å². The summed E-state index contributed by atoms with van der Waals surface area (Å²) in [5.74, 6) is 0. The van der Waals surface area contributed by atoms with Gasteiger partial charge in [0.1, 0.15) is 0 Å². The van der Waals surface area contributed by atoms with Gasteiger partial charge in [0, 0.05) is 42.8 Å². The van der Waals surface area contributed by atoms with E-state index < -0.39 is 0 Å². The Morgan fingerprint density at radius 2 is 2.16 bits per heavy atom. The van der Waals surface area contributed by atoms with E-state index >= 15 is 0 Å². The Balaban J connectivity index is 1.93. The van der Waals surface area contributed by atoms with Gasteiger partial charge in [-0.3, -0.25) is 0 Å². The smallest absolute Gasteiger partial charge is 0.0462 e. The molecule has 3 rings (SSSR count). The van der Waals surface area contributed by atoms with E-state index in [1.165, 1.54) is 27.6 Å². The van der Waals surface area contributed by atoms with Crippen molar-refractivity contribution < 1.29 is 0 Å². The number of hydrogen-bond acceptors (Lipinski definition) is 2. The van der Waals surface area contributed by atoms with E-state index in [2.05, 4.69) is 54.4 Å². The number of fused-ring (bicyclic) bond motifs is 1. The number of aromatic amines is 1. The number of H-pyrrole nitrogens is 1. The first-order chi connectivity index (χ1) is 9.15. The highest BCUT2D eigenvalue weighted by atomic mass is 15.2. The van der Waals surface area contributed by atoms with Gasteiger partial charge in [0.25, 0.3) is 0 Å². The molecule has 0 amide bonds. The van der Waals surface area contributed by atoms with Crippen molar-refractivity contribution in [1.29, 1.82) is 0 Å². The van der Waals surface area contributed by atoms with Crippen molar-refractivity contribution in [3.8, 4) is 0 Å². The third kappa shape index (κ3) is 2.40. The number of piperazine rings is 1. The fraction of sp³-hybridized carbons (Fsp3) is 0.500. The Bertz CT molecular complexity index is 585. The van der Waals surface area contributed by atoms with E-state index in [4.69, 9.17) is 0 Å². The molecule has 0 aliphatic carbocycles. The molecule has 1 atom stereocenters. The van der Waals surface area contributed by atoms with E-state index in [0.717, 1.165) is 26.1 Å². The van der Waals surface area contributed by atoms with Crippen LogP contribution in [-0.4, -0.2) is 42.6 Å². The Morgan fingerprint density at radius 3 is 2.95 bits per heavy atom. The lowest BCUT2D eigenvalue weighted by Crippen LogP contribution is -2.50. The van der Waals surface area contributed by atoms with Gasteiger partial charge in [-0.05, 0) is 50.1 Å². The molecule has 1 aromatic carbocycles. The lowest BCUT2D eigenvalue weighted by molar-refractivity contribution is 0.199. The number of likely N-dealkylation sites (N-methyl/N-ethyl adjacent to an activating group) is 1. The maximum Gasteiger partial charge on any atom is 0.0462 e. The van der Waals surface area contributed by atoms with Gasteiger partial charge in [-0.2, -0.15) is 0 Å².